The first-order chi connectivity index (χ1) is 9.92. The minimum absolute atomic E-state index is 0.106. The lowest BCUT2D eigenvalue weighted by molar-refractivity contribution is 0.318. The van der Waals surface area contributed by atoms with Gasteiger partial charge in [-0.05, 0) is 37.6 Å². The quantitative estimate of drug-likeness (QED) is 0.395. The van der Waals surface area contributed by atoms with Crippen molar-refractivity contribution < 1.29 is 14.0 Å². The summed E-state index contributed by atoms with van der Waals surface area (Å²) in [5, 5.41) is 12.2. The SMILES string of the molecule is Cc1cc(C)c(C(N)=NO)c(Sc2ccc(F)cc2F)n1. The number of benzene rings is 1. The van der Waals surface area contributed by atoms with E-state index in [1.807, 2.05) is 0 Å². The van der Waals surface area contributed by atoms with Crippen LogP contribution in [0, 0.1) is 25.5 Å². The average Bonchev–Trinajstić information content (AvgIpc) is 2.40. The van der Waals surface area contributed by atoms with Gasteiger partial charge in [-0.15, -0.1) is 0 Å². The molecule has 0 saturated carbocycles. The Hall–Kier alpha value is -2.15. The van der Waals surface area contributed by atoms with Crippen LogP contribution in [0.25, 0.3) is 0 Å². The molecule has 4 nitrogen and oxygen atoms in total. The molecule has 110 valence electrons. The van der Waals surface area contributed by atoms with Crippen molar-refractivity contribution in [3.8, 4) is 0 Å². The summed E-state index contributed by atoms with van der Waals surface area (Å²) in [7, 11) is 0. The van der Waals surface area contributed by atoms with Crippen molar-refractivity contribution in [2.75, 3.05) is 0 Å². The van der Waals surface area contributed by atoms with Gasteiger partial charge in [-0.2, -0.15) is 0 Å². The summed E-state index contributed by atoms with van der Waals surface area (Å²) >= 11 is 0.997. The summed E-state index contributed by atoms with van der Waals surface area (Å²) in [4.78, 5) is 4.50. The van der Waals surface area contributed by atoms with Crippen LogP contribution in [-0.4, -0.2) is 16.0 Å². The van der Waals surface area contributed by atoms with E-state index >= 15 is 0 Å². The van der Waals surface area contributed by atoms with Crippen molar-refractivity contribution in [1.82, 2.24) is 4.98 Å². The number of nitrogens with two attached hydrogens (primary N) is 1. The predicted molar refractivity (Wildman–Crippen MR) is 76.7 cm³/mol. The number of pyridine rings is 1. The molecule has 21 heavy (non-hydrogen) atoms. The zero-order valence-corrected chi connectivity index (χ0v) is 12.2. The predicted octanol–water partition coefficient (Wildman–Crippen LogP) is 3.22. The van der Waals surface area contributed by atoms with Gasteiger partial charge in [-0.1, -0.05) is 16.9 Å². The molecule has 1 aromatic heterocycles. The fourth-order valence-corrected chi connectivity index (χ4v) is 2.96. The molecule has 0 saturated heterocycles. The van der Waals surface area contributed by atoms with E-state index in [1.165, 1.54) is 6.07 Å². The highest BCUT2D eigenvalue weighted by Gasteiger charge is 2.16. The summed E-state index contributed by atoms with van der Waals surface area (Å²) in [5.41, 5.74) is 7.55. The number of halogens is 2. The number of hydrogen-bond acceptors (Lipinski definition) is 4. The van der Waals surface area contributed by atoms with Crippen LogP contribution in [0.2, 0.25) is 0 Å². The van der Waals surface area contributed by atoms with E-state index in [1.54, 1.807) is 19.9 Å². The van der Waals surface area contributed by atoms with Crippen molar-refractivity contribution in [3.05, 3.63) is 52.7 Å². The molecule has 1 aromatic carbocycles. The Morgan fingerprint density at radius 2 is 2.00 bits per heavy atom. The van der Waals surface area contributed by atoms with Crippen LogP contribution in [-0.2, 0) is 0 Å². The molecule has 0 aliphatic carbocycles. The zero-order chi connectivity index (χ0) is 15.6. The molecule has 0 aliphatic heterocycles. The first-order valence-electron chi connectivity index (χ1n) is 6.01. The van der Waals surface area contributed by atoms with Gasteiger partial charge in [0.2, 0.25) is 0 Å². The Morgan fingerprint density at radius 3 is 2.62 bits per heavy atom. The fourth-order valence-electron chi connectivity index (χ4n) is 1.90. The third-order valence-corrected chi connectivity index (χ3v) is 3.82. The second-order valence-electron chi connectivity index (χ2n) is 4.42. The first-order valence-corrected chi connectivity index (χ1v) is 6.83. The van der Waals surface area contributed by atoms with Crippen molar-refractivity contribution in [3.63, 3.8) is 0 Å². The number of oxime groups is 1. The molecular formula is C14H13F2N3OS. The fraction of sp³-hybridized carbons (Fsp3) is 0.143. The van der Waals surface area contributed by atoms with Gasteiger partial charge in [0.05, 0.1) is 5.56 Å². The summed E-state index contributed by atoms with van der Waals surface area (Å²) < 4.78 is 26.7. The lowest BCUT2D eigenvalue weighted by Gasteiger charge is -2.12. The van der Waals surface area contributed by atoms with Crippen LogP contribution in [0.5, 0.6) is 0 Å². The van der Waals surface area contributed by atoms with Crippen LogP contribution >= 0.6 is 11.8 Å². The van der Waals surface area contributed by atoms with Gasteiger partial charge in [0.15, 0.2) is 5.84 Å². The highest BCUT2D eigenvalue weighted by atomic mass is 32.2. The maximum Gasteiger partial charge on any atom is 0.173 e. The number of amidine groups is 1. The minimum Gasteiger partial charge on any atom is -0.409 e. The standard InChI is InChI=1S/C14H13F2N3OS/c1-7-5-8(2)18-14(12(7)13(17)19-20)21-11-4-3-9(15)6-10(11)16/h3-6,20H,1-2H3,(H2,17,19). The van der Waals surface area contributed by atoms with E-state index in [-0.39, 0.29) is 10.7 Å². The van der Waals surface area contributed by atoms with Gasteiger partial charge in [-0.25, -0.2) is 13.8 Å². The van der Waals surface area contributed by atoms with E-state index in [2.05, 4.69) is 10.1 Å². The third-order valence-electron chi connectivity index (χ3n) is 2.78. The zero-order valence-electron chi connectivity index (χ0n) is 11.4. The molecule has 2 rings (SSSR count). The van der Waals surface area contributed by atoms with Crippen molar-refractivity contribution in [2.24, 2.45) is 10.9 Å². The Bertz CT molecular complexity index is 720. The van der Waals surface area contributed by atoms with Gasteiger partial charge in [0, 0.05) is 16.7 Å². The largest absolute Gasteiger partial charge is 0.409 e. The van der Waals surface area contributed by atoms with E-state index in [0.29, 0.717) is 16.3 Å². The molecular weight excluding hydrogens is 296 g/mol. The van der Waals surface area contributed by atoms with E-state index in [4.69, 9.17) is 10.9 Å². The molecule has 0 aliphatic rings. The second-order valence-corrected chi connectivity index (χ2v) is 5.45. The molecule has 0 amide bonds. The van der Waals surface area contributed by atoms with Crippen LogP contribution in [0.1, 0.15) is 16.8 Å². The van der Waals surface area contributed by atoms with Gasteiger partial charge >= 0.3 is 0 Å². The number of aromatic nitrogens is 1. The number of nitrogens with zero attached hydrogens (tertiary/aromatic N) is 2. The van der Waals surface area contributed by atoms with E-state index in [9.17, 15) is 8.78 Å². The topological polar surface area (TPSA) is 71.5 Å². The first kappa shape index (κ1) is 15.2. The van der Waals surface area contributed by atoms with Gasteiger partial charge in [-0.3, -0.25) is 0 Å². The molecule has 7 heteroatoms. The van der Waals surface area contributed by atoms with Crippen LogP contribution < -0.4 is 5.73 Å². The van der Waals surface area contributed by atoms with Crippen LogP contribution in [0.15, 0.2) is 39.3 Å². The summed E-state index contributed by atoms with van der Waals surface area (Å²) in [5.74, 6) is -1.45. The monoisotopic (exact) mass is 309 g/mol. The number of rotatable bonds is 3. The van der Waals surface area contributed by atoms with Crippen molar-refractivity contribution >= 4 is 17.6 Å². The smallest absolute Gasteiger partial charge is 0.173 e. The molecule has 0 bridgehead atoms. The Balaban J connectivity index is 2.53. The van der Waals surface area contributed by atoms with E-state index < -0.39 is 11.6 Å². The summed E-state index contributed by atoms with van der Waals surface area (Å²) in [6.45, 7) is 3.57. The average molecular weight is 309 g/mol. The summed E-state index contributed by atoms with van der Waals surface area (Å²) in [6, 6.07) is 5.06. The third kappa shape index (κ3) is 3.30. The Morgan fingerprint density at radius 1 is 1.29 bits per heavy atom. The molecule has 0 atom stereocenters. The van der Waals surface area contributed by atoms with Gasteiger partial charge in [0.25, 0.3) is 0 Å². The molecule has 1 heterocycles. The number of aryl methyl sites for hydroxylation is 2. The van der Waals surface area contributed by atoms with E-state index in [0.717, 1.165) is 29.5 Å². The van der Waals surface area contributed by atoms with Crippen molar-refractivity contribution in [1.29, 1.82) is 0 Å². The molecule has 0 unspecified atom stereocenters. The number of hydrogen-bond donors (Lipinski definition) is 2. The highest BCUT2D eigenvalue weighted by molar-refractivity contribution is 7.99. The maximum absolute atomic E-state index is 13.8. The highest BCUT2D eigenvalue weighted by Crippen LogP contribution is 2.32. The summed E-state index contributed by atoms with van der Waals surface area (Å²) in [6.07, 6.45) is 0. The molecule has 3 N–H and O–H groups in total. The molecule has 0 fully saturated rings. The van der Waals surface area contributed by atoms with Crippen LogP contribution in [0.4, 0.5) is 8.78 Å². The van der Waals surface area contributed by atoms with Gasteiger partial charge in [0.1, 0.15) is 16.7 Å². The lowest BCUT2D eigenvalue weighted by atomic mass is 10.1. The Labute approximate surface area is 124 Å². The van der Waals surface area contributed by atoms with Gasteiger partial charge < -0.3 is 10.9 Å². The molecule has 2 aromatic rings. The van der Waals surface area contributed by atoms with Crippen molar-refractivity contribution in [2.45, 2.75) is 23.8 Å². The lowest BCUT2D eigenvalue weighted by Crippen LogP contribution is -2.17. The normalized spacial score (nSPS) is 11.7. The minimum atomic E-state index is -0.689. The second kappa shape index (κ2) is 6.09. The molecule has 0 spiro atoms. The molecule has 0 radical (unpaired) electrons. The maximum atomic E-state index is 13.8. The van der Waals surface area contributed by atoms with Crippen LogP contribution in [0.3, 0.4) is 0 Å². The Kier molecular flexibility index (Phi) is 4.42.